The van der Waals surface area contributed by atoms with Crippen LogP contribution in [0.3, 0.4) is 0 Å². The maximum Gasteiger partial charge on any atom is 0.316 e. The molecule has 1 aromatic carbocycles. The third-order valence-corrected chi connectivity index (χ3v) is 5.12. The number of ketones is 1. The van der Waals surface area contributed by atoms with Crippen molar-refractivity contribution >= 4 is 32.5 Å². The van der Waals surface area contributed by atoms with Crippen molar-refractivity contribution in [2.75, 3.05) is 18.1 Å². The highest BCUT2D eigenvalue weighted by atomic mass is 32.2. The van der Waals surface area contributed by atoms with E-state index in [0.29, 0.717) is 22.2 Å². The average molecular weight is 459 g/mol. The van der Waals surface area contributed by atoms with Crippen LogP contribution in [-0.2, 0) is 10.0 Å². The number of halogens is 2. The molecule has 9 nitrogen and oxygen atoms in total. The monoisotopic (exact) mass is 459 g/mol. The average Bonchev–Trinajstić information content (AvgIpc) is 3.18. The van der Waals surface area contributed by atoms with Crippen molar-refractivity contribution in [2.45, 2.75) is 0 Å². The molecule has 0 unspecified atom stereocenters. The number of aromatic amines is 1. The molecule has 0 bridgehead atoms. The summed E-state index contributed by atoms with van der Waals surface area (Å²) in [5, 5.41) is 0.309. The largest absolute Gasteiger partial charge is 0.467 e. The minimum Gasteiger partial charge on any atom is -0.467 e. The molecule has 32 heavy (non-hydrogen) atoms. The normalized spacial score (nSPS) is 11.5. The summed E-state index contributed by atoms with van der Waals surface area (Å²) in [6.45, 7) is 0. The molecule has 0 spiro atoms. The van der Waals surface area contributed by atoms with Crippen molar-refractivity contribution in [1.29, 1.82) is 0 Å². The van der Waals surface area contributed by atoms with Crippen molar-refractivity contribution < 1.29 is 26.7 Å². The van der Waals surface area contributed by atoms with Gasteiger partial charge >= 0.3 is 6.01 Å². The van der Waals surface area contributed by atoms with Crippen LogP contribution in [-0.4, -0.2) is 47.5 Å². The van der Waals surface area contributed by atoms with E-state index in [4.69, 9.17) is 4.74 Å². The summed E-state index contributed by atoms with van der Waals surface area (Å²) in [6, 6.07) is 3.50. The highest BCUT2D eigenvalue weighted by Crippen LogP contribution is 2.29. The number of aromatic nitrogens is 4. The smallest absolute Gasteiger partial charge is 0.316 e. The van der Waals surface area contributed by atoms with Gasteiger partial charge in [-0.2, -0.15) is 0 Å². The topological polar surface area (TPSA) is 127 Å². The summed E-state index contributed by atoms with van der Waals surface area (Å²) in [6.07, 6.45) is 6.62. The third kappa shape index (κ3) is 3.99. The first kappa shape index (κ1) is 21.3. The number of nitrogens with zero attached hydrogens (tertiary/aromatic N) is 3. The summed E-state index contributed by atoms with van der Waals surface area (Å²) in [5.41, 5.74) is -0.0152. The van der Waals surface area contributed by atoms with Crippen LogP contribution in [0.2, 0.25) is 0 Å². The highest BCUT2D eigenvalue weighted by molar-refractivity contribution is 7.92. The molecule has 3 heterocycles. The summed E-state index contributed by atoms with van der Waals surface area (Å²) < 4.78 is 59.1. The number of H-pyrrole nitrogens is 1. The zero-order chi connectivity index (χ0) is 23.0. The van der Waals surface area contributed by atoms with Gasteiger partial charge in [0.1, 0.15) is 11.5 Å². The van der Waals surface area contributed by atoms with E-state index in [1.54, 1.807) is 6.07 Å². The minimum atomic E-state index is -3.85. The van der Waals surface area contributed by atoms with Crippen molar-refractivity contribution in [3.8, 4) is 17.1 Å². The molecule has 12 heteroatoms. The Morgan fingerprint density at radius 2 is 1.78 bits per heavy atom. The standard InChI is InChI=1S/C20H15F2N5O4S/c1-31-20-25-7-11(8-26-20)10-5-12-13(9-24-19(12)23-6-10)18(28)16-14(21)3-4-15(17(16)22)27-32(2,29)30/h3-9,27H,1-2H3,(H,23,24). The number of sulfonamides is 1. The fourth-order valence-electron chi connectivity index (χ4n) is 3.09. The Balaban J connectivity index is 1.80. The van der Waals surface area contributed by atoms with Gasteiger partial charge in [-0.3, -0.25) is 9.52 Å². The third-order valence-electron chi connectivity index (χ3n) is 4.53. The Bertz CT molecular complexity index is 1450. The fraction of sp³-hybridized carbons (Fsp3) is 0.100. The molecule has 4 aromatic rings. The lowest BCUT2D eigenvalue weighted by Gasteiger charge is -2.10. The molecular formula is C20H15F2N5O4S. The van der Waals surface area contributed by atoms with E-state index >= 15 is 0 Å². The van der Waals surface area contributed by atoms with Gasteiger partial charge in [0, 0.05) is 46.9 Å². The summed E-state index contributed by atoms with van der Waals surface area (Å²) >= 11 is 0. The number of rotatable bonds is 6. The molecule has 3 aromatic heterocycles. The van der Waals surface area contributed by atoms with Crippen LogP contribution in [0.15, 0.2) is 43.0 Å². The molecular weight excluding hydrogens is 444 g/mol. The van der Waals surface area contributed by atoms with Gasteiger partial charge in [-0.05, 0) is 18.2 Å². The second kappa shape index (κ2) is 7.96. The lowest BCUT2D eigenvalue weighted by molar-refractivity contribution is 0.103. The van der Waals surface area contributed by atoms with E-state index in [1.807, 2.05) is 4.72 Å². The number of carbonyl (C=O) groups is 1. The lowest BCUT2D eigenvalue weighted by atomic mass is 10.0. The number of pyridine rings is 1. The molecule has 0 radical (unpaired) electrons. The molecule has 0 fully saturated rings. The van der Waals surface area contributed by atoms with Gasteiger partial charge in [0.25, 0.3) is 0 Å². The van der Waals surface area contributed by atoms with E-state index in [1.165, 1.54) is 31.9 Å². The second-order valence-corrected chi connectivity index (χ2v) is 8.52. The van der Waals surface area contributed by atoms with Crippen molar-refractivity contribution in [3.63, 3.8) is 0 Å². The molecule has 164 valence electrons. The fourth-order valence-corrected chi connectivity index (χ4v) is 3.65. The molecule has 0 aliphatic heterocycles. The summed E-state index contributed by atoms with van der Waals surface area (Å²) in [4.78, 5) is 28.1. The molecule has 4 rings (SSSR count). The second-order valence-electron chi connectivity index (χ2n) is 6.77. The van der Waals surface area contributed by atoms with Crippen LogP contribution in [0.5, 0.6) is 6.01 Å². The SMILES string of the molecule is COc1ncc(-c2cnc3[nH]cc(C(=O)c4c(F)ccc(NS(C)(=O)=O)c4F)c3c2)cn1. The van der Waals surface area contributed by atoms with Gasteiger partial charge in [0.05, 0.1) is 24.6 Å². The van der Waals surface area contributed by atoms with E-state index in [0.717, 1.165) is 18.4 Å². The Morgan fingerprint density at radius 3 is 2.44 bits per heavy atom. The number of carbonyl (C=O) groups excluding carboxylic acids is 1. The van der Waals surface area contributed by atoms with Crippen LogP contribution in [0.1, 0.15) is 15.9 Å². The van der Waals surface area contributed by atoms with Crippen molar-refractivity contribution in [3.05, 3.63) is 65.7 Å². The molecule has 0 saturated carbocycles. The Morgan fingerprint density at radius 1 is 1.09 bits per heavy atom. The Labute approximate surface area is 180 Å². The van der Waals surface area contributed by atoms with Gasteiger partial charge in [-0.15, -0.1) is 0 Å². The van der Waals surface area contributed by atoms with Crippen LogP contribution >= 0.6 is 0 Å². The van der Waals surface area contributed by atoms with E-state index < -0.39 is 38.7 Å². The minimum absolute atomic E-state index is 0.0434. The van der Waals surface area contributed by atoms with E-state index in [-0.39, 0.29) is 11.6 Å². The number of ether oxygens (including phenoxy) is 1. The van der Waals surface area contributed by atoms with Crippen molar-refractivity contribution in [1.82, 2.24) is 19.9 Å². The predicted molar refractivity (Wildman–Crippen MR) is 112 cm³/mol. The Kier molecular flexibility index (Phi) is 5.30. The molecule has 0 atom stereocenters. The summed E-state index contributed by atoms with van der Waals surface area (Å²) in [5.74, 6) is -3.43. The van der Waals surface area contributed by atoms with Crippen LogP contribution < -0.4 is 9.46 Å². The van der Waals surface area contributed by atoms with Gasteiger partial charge < -0.3 is 9.72 Å². The van der Waals surface area contributed by atoms with E-state index in [2.05, 4.69) is 19.9 Å². The van der Waals surface area contributed by atoms with Crippen molar-refractivity contribution in [2.24, 2.45) is 0 Å². The van der Waals surface area contributed by atoms with Crippen LogP contribution in [0.25, 0.3) is 22.2 Å². The van der Waals surface area contributed by atoms with E-state index in [9.17, 15) is 22.0 Å². The highest BCUT2D eigenvalue weighted by Gasteiger charge is 2.25. The number of methoxy groups -OCH3 is 1. The number of hydrogen-bond acceptors (Lipinski definition) is 7. The number of benzene rings is 1. The zero-order valence-corrected chi connectivity index (χ0v) is 17.5. The molecule has 0 aliphatic carbocycles. The maximum absolute atomic E-state index is 14.9. The first-order chi connectivity index (χ1) is 15.2. The van der Waals surface area contributed by atoms with Crippen LogP contribution in [0, 0.1) is 11.6 Å². The zero-order valence-electron chi connectivity index (χ0n) is 16.7. The molecule has 0 saturated heterocycles. The summed E-state index contributed by atoms with van der Waals surface area (Å²) in [7, 11) is -2.42. The Hall–Kier alpha value is -3.93. The first-order valence-electron chi connectivity index (χ1n) is 9.02. The lowest BCUT2D eigenvalue weighted by Crippen LogP contribution is -2.14. The van der Waals surface area contributed by atoms with Gasteiger partial charge in [-0.25, -0.2) is 32.2 Å². The molecule has 0 aliphatic rings. The molecule has 2 N–H and O–H groups in total. The first-order valence-corrected chi connectivity index (χ1v) is 10.9. The number of hydrogen-bond donors (Lipinski definition) is 2. The molecule has 0 amide bonds. The predicted octanol–water partition coefficient (Wildman–Crippen LogP) is 2.91. The van der Waals surface area contributed by atoms with Crippen LogP contribution in [0.4, 0.5) is 14.5 Å². The number of nitrogens with one attached hydrogen (secondary N) is 2. The quantitative estimate of drug-likeness (QED) is 0.425. The number of anilines is 1. The van der Waals surface area contributed by atoms with Gasteiger partial charge in [0.2, 0.25) is 15.8 Å². The number of fused-ring (bicyclic) bond motifs is 1. The van der Waals surface area contributed by atoms with Gasteiger partial charge in [0.15, 0.2) is 5.82 Å². The maximum atomic E-state index is 14.9. The van der Waals surface area contributed by atoms with Gasteiger partial charge in [-0.1, -0.05) is 0 Å².